The topological polar surface area (TPSA) is 70.2 Å². The average molecular weight is 313 g/mol. The molecule has 0 spiro atoms. The lowest BCUT2D eigenvalue weighted by atomic mass is 10.2. The van der Waals surface area contributed by atoms with E-state index < -0.39 is 0 Å². The molecular weight excluding hydrogens is 297 g/mol. The van der Waals surface area contributed by atoms with Crippen LogP contribution in [0.25, 0.3) is 5.70 Å². The summed E-state index contributed by atoms with van der Waals surface area (Å²) in [5, 5.41) is 2.62. The van der Waals surface area contributed by atoms with Crippen LogP contribution in [0.1, 0.15) is 22.8 Å². The van der Waals surface area contributed by atoms with Crippen molar-refractivity contribution in [1.82, 2.24) is 10.9 Å². The third kappa shape index (κ3) is 4.67. The Morgan fingerprint density at radius 1 is 0.913 bits per heavy atom. The number of rotatable bonds is 5. The van der Waals surface area contributed by atoms with Crippen LogP contribution in [0.5, 0.6) is 0 Å². The highest BCUT2D eigenvalue weighted by Gasteiger charge is 2.06. The summed E-state index contributed by atoms with van der Waals surface area (Å²) in [6.07, 6.45) is 0. The maximum Gasteiger partial charge on any atom is 0.269 e. The van der Waals surface area contributed by atoms with Gasteiger partial charge in [-0.05, 0) is 54.1 Å². The zero-order valence-electron chi connectivity index (χ0n) is 12.5. The zero-order valence-corrected chi connectivity index (χ0v) is 12.5. The van der Waals surface area contributed by atoms with Gasteiger partial charge in [0.05, 0.1) is 5.70 Å². The first-order chi connectivity index (χ1) is 11.0. The van der Waals surface area contributed by atoms with Crippen molar-refractivity contribution in [1.29, 1.82) is 0 Å². The molecule has 2 amide bonds. The molecule has 0 unspecified atom stereocenters. The minimum atomic E-state index is -0.359. The van der Waals surface area contributed by atoms with Crippen LogP contribution in [-0.2, 0) is 4.79 Å². The molecular formula is C17H16FN3O2. The molecule has 118 valence electrons. The summed E-state index contributed by atoms with van der Waals surface area (Å²) >= 11 is 0. The van der Waals surface area contributed by atoms with E-state index in [4.69, 9.17) is 0 Å². The van der Waals surface area contributed by atoms with Crippen LogP contribution in [0.3, 0.4) is 0 Å². The van der Waals surface area contributed by atoms with Crippen molar-refractivity contribution in [2.45, 2.75) is 6.92 Å². The quantitative estimate of drug-likeness (QED) is 0.743. The van der Waals surface area contributed by atoms with Gasteiger partial charge in [0, 0.05) is 18.2 Å². The third-order valence-corrected chi connectivity index (χ3v) is 2.99. The molecule has 2 aromatic rings. The lowest BCUT2D eigenvalue weighted by Crippen LogP contribution is -2.35. The number of hydrogen-bond acceptors (Lipinski definition) is 3. The monoisotopic (exact) mass is 313 g/mol. The van der Waals surface area contributed by atoms with Crippen LogP contribution in [0.2, 0.25) is 0 Å². The molecule has 0 aliphatic heterocycles. The first-order valence-electron chi connectivity index (χ1n) is 6.84. The van der Waals surface area contributed by atoms with Crippen molar-refractivity contribution >= 4 is 23.2 Å². The third-order valence-electron chi connectivity index (χ3n) is 2.99. The Hall–Kier alpha value is -3.15. The van der Waals surface area contributed by atoms with E-state index in [0.29, 0.717) is 22.5 Å². The molecule has 0 radical (unpaired) electrons. The van der Waals surface area contributed by atoms with Crippen LogP contribution in [0.4, 0.5) is 10.1 Å². The fourth-order valence-electron chi connectivity index (χ4n) is 1.84. The van der Waals surface area contributed by atoms with E-state index in [1.54, 1.807) is 36.4 Å². The summed E-state index contributed by atoms with van der Waals surface area (Å²) in [6.45, 7) is 5.18. The van der Waals surface area contributed by atoms with Gasteiger partial charge in [0.1, 0.15) is 5.82 Å². The highest BCUT2D eigenvalue weighted by atomic mass is 19.1. The SMILES string of the molecule is C=C(NNC(=O)c1ccc(NC(C)=O)cc1)c1ccc(F)cc1. The number of hydrogen-bond donors (Lipinski definition) is 3. The van der Waals surface area contributed by atoms with Crippen LogP contribution in [0, 0.1) is 5.82 Å². The van der Waals surface area contributed by atoms with Crippen molar-refractivity contribution in [3.05, 3.63) is 72.1 Å². The maximum absolute atomic E-state index is 12.9. The van der Waals surface area contributed by atoms with Crippen molar-refractivity contribution < 1.29 is 14.0 Å². The van der Waals surface area contributed by atoms with Gasteiger partial charge in [-0.1, -0.05) is 6.58 Å². The average Bonchev–Trinajstić information content (AvgIpc) is 2.53. The van der Waals surface area contributed by atoms with E-state index >= 15 is 0 Å². The standard InChI is InChI=1S/C17H16FN3O2/c1-11(13-3-7-15(18)8-4-13)20-21-17(23)14-5-9-16(10-6-14)19-12(2)22/h3-10,20H,1H2,2H3,(H,19,22)(H,21,23). The molecule has 2 aromatic carbocycles. The van der Waals surface area contributed by atoms with Crippen LogP contribution >= 0.6 is 0 Å². The Balaban J connectivity index is 1.92. The van der Waals surface area contributed by atoms with Gasteiger partial charge in [-0.2, -0.15) is 0 Å². The Kier molecular flexibility index (Phi) is 5.09. The molecule has 3 N–H and O–H groups in total. The molecule has 5 nitrogen and oxygen atoms in total. The summed E-state index contributed by atoms with van der Waals surface area (Å²) in [4.78, 5) is 22.9. The first kappa shape index (κ1) is 16.2. The van der Waals surface area contributed by atoms with Gasteiger partial charge in [-0.15, -0.1) is 0 Å². The van der Waals surface area contributed by atoms with E-state index in [-0.39, 0.29) is 17.6 Å². The molecule has 0 aromatic heterocycles. The van der Waals surface area contributed by atoms with Crippen molar-refractivity contribution in [3.63, 3.8) is 0 Å². The smallest absolute Gasteiger partial charge is 0.269 e. The second-order valence-electron chi connectivity index (χ2n) is 4.82. The number of carbonyl (C=O) groups is 2. The van der Waals surface area contributed by atoms with E-state index in [1.807, 2.05) is 0 Å². The highest BCUT2D eigenvalue weighted by Crippen LogP contribution is 2.11. The molecule has 0 saturated heterocycles. The summed E-state index contributed by atoms with van der Waals surface area (Å²) in [7, 11) is 0. The molecule has 0 aliphatic carbocycles. The fraction of sp³-hybridized carbons (Fsp3) is 0.0588. The number of amides is 2. The number of nitrogens with one attached hydrogen (secondary N) is 3. The molecule has 0 aliphatic rings. The summed E-state index contributed by atoms with van der Waals surface area (Å²) in [5.41, 5.74) is 7.30. The van der Waals surface area contributed by atoms with Gasteiger partial charge in [0.25, 0.3) is 5.91 Å². The van der Waals surface area contributed by atoms with Gasteiger partial charge in [-0.25, -0.2) is 4.39 Å². The Bertz CT molecular complexity index is 725. The molecule has 2 rings (SSSR count). The predicted molar refractivity (Wildman–Crippen MR) is 86.8 cm³/mol. The van der Waals surface area contributed by atoms with Gasteiger partial charge in [-0.3, -0.25) is 20.4 Å². The predicted octanol–water partition coefficient (Wildman–Crippen LogP) is 2.69. The Labute approximate surface area is 133 Å². The Morgan fingerprint density at radius 3 is 2.04 bits per heavy atom. The molecule has 0 atom stereocenters. The van der Waals surface area contributed by atoms with Gasteiger partial charge in [0.2, 0.25) is 5.91 Å². The Morgan fingerprint density at radius 2 is 1.48 bits per heavy atom. The van der Waals surface area contributed by atoms with E-state index in [0.717, 1.165) is 0 Å². The maximum atomic E-state index is 12.9. The summed E-state index contributed by atoms with van der Waals surface area (Å²) < 4.78 is 12.9. The lowest BCUT2D eigenvalue weighted by molar-refractivity contribution is -0.114. The van der Waals surface area contributed by atoms with Crippen LogP contribution < -0.4 is 16.2 Å². The lowest BCUT2D eigenvalue weighted by Gasteiger charge is -2.11. The number of hydrazine groups is 1. The highest BCUT2D eigenvalue weighted by molar-refractivity contribution is 5.95. The molecule has 6 heteroatoms. The largest absolute Gasteiger partial charge is 0.326 e. The molecule has 23 heavy (non-hydrogen) atoms. The minimum Gasteiger partial charge on any atom is -0.326 e. The second kappa shape index (κ2) is 7.22. The first-order valence-corrected chi connectivity index (χ1v) is 6.84. The fourth-order valence-corrected chi connectivity index (χ4v) is 1.84. The van der Waals surface area contributed by atoms with Crippen molar-refractivity contribution in [2.75, 3.05) is 5.32 Å². The van der Waals surface area contributed by atoms with Crippen LogP contribution in [-0.4, -0.2) is 11.8 Å². The van der Waals surface area contributed by atoms with Crippen LogP contribution in [0.15, 0.2) is 55.1 Å². The van der Waals surface area contributed by atoms with E-state index in [1.165, 1.54) is 19.1 Å². The number of carbonyl (C=O) groups excluding carboxylic acids is 2. The molecule has 0 saturated carbocycles. The van der Waals surface area contributed by atoms with Gasteiger partial charge >= 0.3 is 0 Å². The number of benzene rings is 2. The van der Waals surface area contributed by atoms with Crippen molar-refractivity contribution in [2.24, 2.45) is 0 Å². The summed E-state index contributed by atoms with van der Waals surface area (Å²) in [5.74, 6) is -0.882. The molecule has 0 bridgehead atoms. The van der Waals surface area contributed by atoms with Gasteiger partial charge in [0.15, 0.2) is 0 Å². The normalized spacial score (nSPS) is 9.83. The molecule has 0 fully saturated rings. The minimum absolute atomic E-state index is 0.181. The van der Waals surface area contributed by atoms with Gasteiger partial charge < -0.3 is 5.32 Å². The number of halogens is 1. The van der Waals surface area contributed by atoms with E-state index in [9.17, 15) is 14.0 Å². The van der Waals surface area contributed by atoms with Crippen molar-refractivity contribution in [3.8, 4) is 0 Å². The zero-order chi connectivity index (χ0) is 16.8. The number of anilines is 1. The second-order valence-corrected chi connectivity index (χ2v) is 4.82. The molecule has 0 heterocycles. The van der Waals surface area contributed by atoms with E-state index in [2.05, 4.69) is 22.7 Å². The summed E-state index contributed by atoms with van der Waals surface area (Å²) in [6, 6.07) is 12.2.